The van der Waals surface area contributed by atoms with E-state index in [0.29, 0.717) is 0 Å². The Morgan fingerprint density at radius 3 is 1.25 bits per heavy atom. The normalized spacial score (nSPS) is 24.8. The summed E-state index contributed by atoms with van der Waals surface area (Å²) in [6.07, 6.45) is 10.8. The van der Waals surface area contributed by atoms with Gasteiger partial charge in [0.25, 0.3) is 0 Å². The number of hydrogen-bond donors (Lipinski definition) is 2. The van der Waals surface area contributed by atoms with Crippen LogP contribution in [0.5, 0.6) is 0 Å². The highest BCUT2D eigenvalue weighted by Gasteiger charge is 2.18. The van der Waals surface area contributed by atoms with Gasteiger partial charge in [-0.15, -0.1) is 0 Å². The van der Waals surface area contributed by atoms with Gasteiger partial charge in [-0.3, -0.25) is 0 Å². The van der Waals surface area contributed by atoms with Gasteiger partial charge in [0.15, 0.2) is 0 Å². The molecule has 0 radical (unpaired) electrons. The summed E-state index contributed by atoms with van der Waals surface area (Å²) < 4.78 is 0. The first-order valence-electron chi connectivity index (χ1n) is 7.18. The van der Waals surface area contributed by atoms with Gasteiger partial charge in [-0.25, -0.2) is 0 Å². The van der Waals surface area contributed by atoms with Crippen molar-refractivity contribution in [3.63, 3.8) is 0 Å². The molecule has 1 saturated carbocycles. The van der Waals surface area contributed by atoms with Gasteiger partial charge in [0.2, 0.25) is 0 Å². The quantitative estimate of drug-likeness (QED) is 0.709. The summed E-state index contributed by atoms with van der Waals surface area (Å²) in [5.74, 6) is 1.59. The van der Waals surface area contributed by atoms with Crippen molar-refractivity contribution in [3.05, 3.63) is 0 Å². The highest BCUT2D eigenvalue weighted by molar-refractivity contribution is 4.72. The number of nitrogens with two attached hydrogens (primary N) is 2. The third-order valence-electron chi connectivity index (χ3n) is 3.59. The van der Waals surface area contributed by atoms with Crippen LogP contribution in [0, 0.1) is 11.8 Å². The molecule has 0 aromatic carbocycles. The standard InChI is InChI=1S/C8H18N2.C6H14/c9-5-7-1-2-8(6-10)4-3-7;1-3-5-6-4-2/h7-8H,1-6,9-10H2;3-6H2,1-2H3. The van der Waals surface area contributed by atoms with Crippen LogP contribution < -0.4 is 11.5 Å². The van der Waals surface area contributed by atoms with Crippen molar-refractivity contribution in [3.8, 4) is 0 Å². The van der Waals surface area contributed by atoms with Gasteiger partial charge in [-0.1, -0.05) is 39.5 Å². The molecule has 0 spiro atoms. The minimum absolute atomic E-state index is 0.794. The van der Waals surface area contributed by atoms with Crippen LogP contribution >= 0.6 is 0 Å². The zero-order valence-corrected chi connectivity index (χ0v) is 11.4. The Labute approximate surface area is 102 Å². The highest BCUT2D eigenvalue weighted by Crippen LogP contribution is 2.26. The predicted molar refractivity (Wildman–Crippen MR) is 73.4 cm³/mol. The summed E-state index contributed by atoms with van der Waals surface area (Å²) in [6.45, 7) is 6.21. The van der Waals surface area contributed by atoms with E-state index in [1.54, 1.807) is 0 Å². The fraction of sp³-hybridized carbons (Fsp3) is 1.00. The number of rotatable bonds is 5. The van der Waals surface area contributed by atoms with E-state index in [4.69, 9.17) is 11.5 Å². The summed E-state index contributed by atoms with van der Waals surface area (Å²) in [5.41, 5.74) is 11.1. The molecule has 1 rings (SSSR count). The van der Waals surface area contributed by atoms with Crippen LogP contribution in [-0.2, 0) is 0 Å². The van der Waals surface area contributed by atoms with E-state index in [1.165, 1.54) is 51.4 Å². The topological polar surface area (TPSA) is 52.0 Å². The molecule has 0 amide bonds. The van der Waals surface area contributed by atoms with Gasteiger partial charge in [-0.2, -0.15) is 0 Å². The summed E-state index contributed by atoms with van der Waals surface area (Å²) in [7, 11) is 0. The molecule has 0 aliphatic heterocycles. The summed E-state index contributed by atoms with van der Waals surface area (Å²) in [6, 6.07) is 0. The lowest BCUT2D eigenvalue weighted by molar-refractivity contribution is 0.285. The molecule has 98 valence electrons. The molecule has 2 nitrogen and oxygen atoms in total. The SMILES string of the molecule is CCCCCC.NCC1CCC(CN)CC1. The zero-order chi connectivity index (χ0) is 12.2. The molecule has 0 atom stereocenters. The fourth-order valence-corrected chi connectivity index (χ4v) is 2.20. The molecule has 1 aliphatic carbocycles. The number of unbranched alkanes of at least 4 members (excludes halogenated alkanes) is 3. The van der Waals surface area contributed by atoms with Crippen molar-refractivity contribution in [1.82, 2.24) is 0 Å². The van der Waals surface area contributed by atoms with E-state index >= 15 is 0 Å². The Balaban J connectivity index is 0.000000325. The largest absolute Gasteiger partial charge is 0.330 e. The molecule has 0 saturated heterocycles. The van der Waals surface area contributed by atoms with Gasteiger partial charge < -0.3 is 11.5 Å². The molecule has 16 heavy (non-hydrogen) atoms. The van der Waals surface area contributed by atoms with Crippen LogP contribution in [0.3, 0.4) is 0 Å². The highest BCUT2D eigenvalue weighted by atomic mass is 14.6. The van der Waals surface area contributed by atoms with E-state index in [9.17, 15) is 0 Å². The second-order valence-electron chi connectivity index (χ2n) is 5.07. The molecule has 0 bridgehead atoms. The Morgan fingerprint density at radius 1 is 0.750 bits per heavy atom. The van der Waals surface area contributed by atoms with Gasteiger partial charge in [0.05, 0.1) is 0 Å². The van der Waals surface area contributed by atoms with Gasteiger partial charge in [-0.05, 0) is 50.6 Å². The summed E-state index contributed by atoms with van der Waals surface area (Å²) in [4.78, 5) is 0. The summed E-state index contributed by atoms with van der Waals surface area (Å²) >= 11 is 0. The van der Waals surface area contributed by atoms with Crippen molar-refractivity contribution >= 4 is 0 Å². The van der Waals surface area contributed by atoms with Crippen molar-refractivity contribution in [2.45, 2.75) is 65.2 Å². The van der Waals surface area contributed by atoms with E-state index in [0.717, 1.165) is 24.9 Å². The molecule has 2 heteroatoms. The van der Waals surface area contributed by atoms with E-state index in [1.807, 2.05) is 0 Å². The van der Waals surface area contributed by atoms with Gasteiger partial charge in [0.1, 0.15) is 0 Å². The molecule has 0 aromatic rings. The predicted octanol–water partition coefficient (Wildman–Crippen LogP) is 3.30. The molecule has 4 N–H and O–H groups in total. The van der Waals surface area contributed by atoms with Crippen LogP contribution in [0.4, 0.5) is 0 Å². The Kier molecular flexibility index (Phi) is 11.3. The Morgan fingerprint density at radius 2 is 1.06 bits per heavy atom. The minimum Gasteiger partial charge on any atom is -0.330 e. The van der Waals surface area contributed by atoms with E-state index in [2.05, 4.69) is 13.8 Å². The molecule has 0 unspecified atom stereocenters. The maximum absolute atomic E-state index is 5.56. The molecule has 0 aromatic heterocycles. The molecule has 1 fully saturated rings. The second-order valence-corrected chi connectivity index (χ2v) is 5.07. The third kappa shape index (κ3) is 8.12. The van der Waals surface area contributed by atoms with Crippen LogP contribution in [0.25, 0.3) is 0 Å². The van der Waals surface area contributed by atoms with Crippen LogP contribution in [0.1, 0.15) is 65.2 Å². The average molecular weight is 228 g/mol. The lowest BCUT2D eigenvalue weighted by Crippen LogP contribution is -2.25. The lowest BCUT2D eigenvalue weighted by Gasteiger charge is -2.26. The average Bonchev–Trinajstić information content (AvgIpc) is 2.37. The molecular formula is C14H32N2. The van der Waals surface area contributed by atoms with Crippen molar-refractivity contribution in [1.29, 1.82) is 0 Å². The van der Waals surface area contributed by atoms with Crippen molar-refractivity contribution in [2.75, 3.05) is 13.1 Å². The van der Waals surface area contributed by atoms with Crippen LogP contribution in [0.2, 0.25) is 0 Å². The van der Waals surface area contributed by atoms with Crippen LogP contribution in [0.15, 0.2) is 0 Å². The fourth-order valence-electron chi connectivity index (χ4n) is 2.20. The monoisotopic (exact) mass is 228 g/mol. The first kappa shape index (κ1) is 15.9. The maximum Gasteiger partial charge on any atom is -0.00489 e. The number of hydrogen-bond acceptors (Lipinski definition) is 2. The first-order valence-corrected chi connectivity index (χ1v) is 7.18. The van der Waals surface area contributed by atoms with E-state index < -0.39 is 0 Å². The maximum atomic E-state index is 5.56. The Hall–Kier alpha value is -0.0800. The Bertz CT molecular complexity index is 113. The van der Waals surface area contributed by atoms with Gasteiger partial charge >= 0.3 is 0 Å². The lowest BCUT2D eigenvalue weighted by atomic mass is 9.82. The third-order valence-corrected chi connectivity index (χ3v) is 3.59. The summed E-state index contributed by atoms with van der Waals surface area (Å²) in [5, 5.41) is 0. The second kappa shape index (κ2) is 11.4. The molecule has 1 aliphatic rings. The van der Waals surface area contributed by atoms with Gasteiger partial charge in [0, 0.05) is 0 Å². The minimum atomic E-state index is 0.794. The van der Waals surface area contributed by atoms with Crippen molar-refractivity contribution in [2.24, 2.45) is 23.3 Å². The zero-order valence-electron chi connectivity index (χ0n) is 11.4. The smallest absolute Gasteiger partial charge is 0.00489 e. The van der Waals surface area contributed by atoms with Crippen molar-refractivity contribution < 1.29 is 0 Å². The molecule has 0 heterocycles. The molecular weight excluding hydrogens is 196 g/mol. The van der Waals surface area contributed by atoms with Crippen LogP contribution in [-0.4, -0.2) is 13.1 Å². The first-order chi connectivity index (χ1) is 7.78. The van der Waals surface area contributed by atoms with E-state index in [-0.39, 0.29) is 0 Å².